The van der Waals surface area contributed by atoms with Crippen molar-refractivity contribution in [2.75, 3.05) is 0 Å². The summed E-state index contributed by atoms with van der Waals surface area (Å²) in [4.78, 5) is 26.2. The summed E-state index contributed by atoms with van der Waals surface area (Å²) in [5.74, 6) is -0.760. The second-order valence-corrected chi connectivity index (χ2v) is 7.76. The van der Waals surface area contributed by atoms with Crippen molar-refractivity contribution in [3.63, 3.8) is 0 Å². The lowest BCUT2D eigenvalue weighted by molar-refractivity contribution is -0.135. The zero-order valence-corrected chi connectivity index (χ0v) is 15.7. The van der Waals surface area contributed by atoms with Gasteiger partial charge in [-0.25, -0.2) is 0 Å². The van der Waals surface area contributed by atoms with E-state index in [-0.39, 0.29) is 46.1 Å². The zero-order valence-electron chi connectivity index (χ0n) is 14.9. The first-order valence-electron chi connectivity index (χ1n) is 8.88. The van der Waals surface area contributed by atoms with Crippen molar-refractivity contribution in [2.45, 2.75) is 12.3 Å². The van der Waals surface area contributed by atoms with Crippen LogP contribution in [0.25, 0.3) is 22.1 Å². The Morgan fingerprint density at radius 2 is 1.86 bits per heavy atom. The molecule has 7 heteroatoms. The van der Waals surface area contributed by atoms with E-state index in [0.717, 1.165) is 4.88 Å². The van der Waals surface area contributed by atoms with Gasteiger partial charge in [-0.05, 0) is 29.1 Å². The van der Waals surface area contributed by atoms with E-state index >= 15 is 0 Å². The van der Waals surface area contributed by atoms with Crippen LogP contribution >= 0.6 is 11.3 Å². The molecule has 1 aliphatic rings. The molecule has 0 aliphatic carbocycles. The Balaban J connectivity index is 1.79. The monoisotopic (exact) mass is 406 g/mol. The summed E-state index contributed by atoms with van der Waals surface area (Å²) in [5, 5.41) is 22.0. The van der Waals surface area contributed by atoms with Gasteiger partial charge in [0.05, 0.1) is 12.0 Å². The molecule has 0 unspecified atom stereocenters. The third-order valence-corrected chi connectivity index (χ3v) is 6.02. The highest BCUT2D eigenvalue weighted by Crippen LogP contribution is 2.46. The topological polar surface area (TPSA) is 97.0 Å². The average molecular weight is 406 g/mol. The largest absolute Gasteiger partial charge is 0.508 e. The fourth-order valence-corrected chi connectivity index (χ4v) is 4.54. The van der Waals surface area contributed by atoms with E-state index in [4.69, 9.17) is 9.15 Å². The number of hydrogen-bond acceptors (Lipinski definition) is 7. The molecule has 144 valence electrons. The fourth-order valence-electron chi connectivity index (χ4n) is 3.70. The van der Waals surface area contributed by atoms with Gasteiger partial charge in [-0.1, -0.05) is 18.2 Å². The minimum absolute atomic E-state index is 0.0360. The lowest BCUT2D eigenvalue weighted by Gasteiger charge is -2.24. The molecule has 0 saturated carbocycles. The van der Waals surface area contributed by atoms with Gasteiger partial charge in [-0.15, -0.1) is 11.3 Å². The molecular formula is C22H14O6S. The number of carbonyl (C=O) groups excluding carboxylic acids is 1. The Bertz CT molecular complexity index is 1300. The number of fused-ring (bicyclic) bond motifs is 3. The third-order valence-electron chi connectivity index (χ3n) is 5.04. The molecule has 2 aromatic heterocycles. The van der Waals surface area contributed by atoms with Crippen LogP contribution < -0.4 is 10.2 Å². The van der Waals surface area contributed by atoms with Crippen LogP contribution in [0.3, 0.4) is 0 Å². The number of esters is 1. The molecule has 0 spiro atoms. The maximum Gasteiger partial charge on any atom is 0.312 e. The van der Waals surface area contributed by atoms with E-state index in [1.165, 1.54) is 35.8 Å². The predicted octanol–water partition coefficient (Wildman–Crippen LogP) is 4.37. The maximum atomic E-state index is 13.2. The summed E-state index contributed by atoms with van der Waals surface area (Å²) in [6, 6.07) is 11.2. The first kappa shape index (κ1) is 17.5. The van der Waals surface area contributed by atoms with Crippen LogP contribution in [0, 0.1) is 0 Å². The van der Waals surface area contributed by atoms with Crippen LogP contribution in [0.4, 0.5) is 0 Å². The third kappa shape index (κ3) is 2.78. The average Bonchev–Trinajstić information content (AvgIpc) is 3.23. The number of hydrogen-bond donors (Lipinski definition) is 2. The number of carbonyl (C=O) groups is 1. The SMILES string of the molecule is O=C1C[C@@H](c2cccs2)c2c(cc(O)c3c(=O)c(-c4ccc(O)cc4)coc23)O1. The Morgan fingerprint density at radius 1 is 1.07 bits per heavy atom. The number of rotatable bonds is 2. The smallest absolute Gasteiger partial charge is 0.312 e. The van der Waals surface area contributed by atoms with Gasteiger partial charge in [0.2, 0.25) is 5.43 Å². The van der Waals surface area contributed by atoms with Gasteiger partial charge in [-0.3, -0.25) is 9.59 Å². The molecular weight excluding hydrogens is 392 g/mol. The number of phenolic OH excluding ortho intramolecular Hbond substituents is 2. The molecule has 0 saturated heterocycles. The Labute approximate surface area is 168 Å². The van der Waals surface area contributed by atoms with Gasteiger partial charge in [0, 0.05) is 22.4 Å². The Hall–Kier alpha value is -3.58. The molecule has 6 nitrogen and oxygen atoms in total. The Kier molecular flexibility index (Phi) is 3.92. The highest BCUT2D eigenvalue weighted by Gasteiger charge is 2.34. The van der Waals surface area contributed by atoms with Crippen molar-refractivity contribution >= 4 is 28.3 Å². The van der Waals surface area contributed by atoms with Crippen molar-refractivity contribution < 1.29 is 24.2 Å². The molecule has 0 fully saturated rings. The second-order valence-electron chi connectivity index (χ2n) is 6.78. The van der Waals surface area contributed by atoms with Crippen LogP contribution in [0.15, 0.2) is 63.3 Å². The summed E-state index contributed by atoms with van der Waals surface area (Å²) >= 11 is 1.50. The van der Waals surface area contributed by atoms with Crippen LogP contribution in [0.1, 0.15) is 22.8 Å². The molecule has 2 aromatic carbocycles. The molecule has 0 radical (unpaired) electrons. The van der Waals surface area contributed by atoms with E-state index in [2.05, 4.69) is 0 Å². The standard InChI is InChI=1S/C22H14O6S/c23-12-5-3-11(4-6-12)14-10-27-22-19-13(17-2-1-7-29-17)8-18(25)28-16(19)9-15(24)20(22)21(14)26/h1-7,9-10,13,23-24H,8H2/t13-/m0/s1. The van der Waals surface area contributed by atoms with Crippen molar-refractivity contribution in [3.05, 3.63) is 74.8 Å². The minimum Gasteiger partial charge on any atom is -0.508 e. The van der Waals surface area contributed by atoms with Crippen LogP contribution in [-0.2, 0) is 4.79 Å². The lowest BCUT2D eigenvalue weighted by atomic mass is 9.89. The van der Waals surface area contributed by atoms with Crippen molar-refractivity contribution in [1.29, 1.82) is 0 Å². The normalized spacial score (nSPS) is 15.9. The molecule has 4 aromatic rings. The van der Waals surface area contributed by atoms with Gasteiger partial charge < -0.3 is 19.4 Å². The summed E-state index contributed by atoms with van der Waals surface area (Å²) < 4.78 is 11.2. The minimum atomic E-state index is -0.405. The van der Waals surface area contributed by atoms with Gasteiger partial charge in [0.15, 0.2) is 0 Å². The van der Waals surface area contributed by atoms with Gasteiger partial charge in [0.25, 0.3) is 0 Å². The number of benzene rings is 2. The van der Waals surface area contributed by atoms with Crippen molar-refractivity contribution in [3.8, 4) is 28.4 Å². The van der Waals surface area contributed by atoms with Crippen molar-refractivity contribution in [1.82, 2.24) is 0 Å². The summed E-state index contributed by atoms with van der Waals surface area (Å²) in [6.45, 7) is 0. The first-order chi connectivity index (χ1) is 14.0. The quantitative estimate of drug-likeness (QED) is 0.379. The highest BCUT2D eigenvalue weighted by molar-refractivity contribution is 7.10. The molecule has 1 aliphatic heterocycles. The fraction of sp³-hybridized carbons (Fsp3) is 0.0909. The molecule has 29 heavy (non-hydrogen) atoms. The highest BCUT2D eigenvalue weighted by atomic mass is 32.1. The first-order valence-corrected chi connectivity index (χ1v) is 9.75. The lowest BCUT2D eigenvalue weighted by Crippen LogP contribution is -2.21. The molecule has 3 heterocycles. The molecule has 0 bridgehead atoms. The van der Waals surface area contributed by atoms with Crippen LogP contribution in [-0.4, -0.2) is 16.2 Å². The summed E-state index contributed by atoms with van der Waals surface area (Å²) in [6.07, 6.45) is 1.45. The van der Waals surface area contributed by atoms with E-state index in [1.54, 1.807) is 12.1 Å². The van der Waals surface area contributed by atoms with Crippen molar-refractivity contribution in [2.24, 2.45) is 0 Å². The molecule has 2 N–H and O–H groups in total. The molecule has 0 amide bonds. The van der Waals surface area contributed by atoms with E-state index in [0.29, 0.717) is 11.1 Å². The van der Waals surface area contributed by atoms with E-state index < -0.39 is 11.4 Å². The molecule has 1 atom stereocenters. The number of phenols is 2. The number of thiophene rings is 1. The molecule has 5 rings (SSSR count). The predicted molar refractivity (Wildman–Crippen MR) is 108 cm³/mol. The number of aromatic hydroxyl groups is 2. The van der Waals surface area contributed by atoms with E-state index in [9.17, 15) is 19.8 Å². The zero-order chi connectivity index (χ0) is 20.1. The van der Waals surface area contributed by atoms with Gasteiger partial charge in [-0.2, -0.15) is 0 Å². The van der Waals surface area contributed by atoms with Gasteiger partial charge >= 0.3 is 5.97 Å². The Morgan fingerprint density at radius 3 is 2.59 bits per heavy atom. The summed E-state index contributed by atoms with van der Waals surface area (Å²) in [5.41, 5.74) is 1.19. The van der Waals surface area contributed by atoms with Crippen LogP contribution in [0.2, 0.25) is 0 Å². The maximum absolute atomic E-state index is 13.2. The van der Waals surface area contributed by atoms with Gasteiger partial charge in [0.1, 0.15) is 34.5 Å². The van der Waals surface area contributed by atoms with E-state index in [1.807, 2.05) is 17.5 Å². The second kappa shape index (κ2) is 6.49. The summed E-state index contributed by atoms with van der Waals surface area (Å²) in [7, 11) is 0. The number of ether oxygens (including phenoxy) is 1. The van der Waals surface area contributed by atoms with Crippen LogP contribution in [0.5, 0.6) is 17.2 Å².